The molecule has 0 unspecified atom stereocenters. The van der Waals surface area contributed by atoms with E-state index in [2.05, 4.69) is 42.9 Å². The largest absolute Gasteiger partial charge is 0.256 e. The van der Waals surface area contributed by atoms with E-state index >= 15 is 0 Å². The number of nitrogens with zero attached hydrogens (tertiary/aromatic N) is 2. The minimum atomic E-state index is 0.701. The third-order valence-electron chi connectivity index (χ3n) is 1.17. The third-order valence-corrected chi connectivity index (χ3v) is 2.19. The number of hydrogen-bond acceptors (Lipinski definition) is 1. The minimum absolute atomic E-state index is 0.701. The zero-order valence-electron chi connectivity index (χ0n) is 5.72. The molecule has 0 spiro atoms. The van der Waals surface area contributed by atoms with Gasteiger partial charge in [0, 0.05) is 12.5 Å². The summed E-state index contributed by atoms with van der Waals surface area (Å²) in [6.07, 6.45) is 5.82. The van der Waals surface area contributed by atoms with Crippen LogP contribution >= 0.6 is 31.9 Å². The number of aromatic nitrogens is 2. The Bertz CT molecular complexity index is 285. The third kappa shape index (κ3) is 2.35. The number of halogens is 2. The molecule has 58 valence electrons. The van der Waals surface area contributed by atoms with Gasteiger partial charge in [0.1, 0.15) is 9.21 Å². The average molecular weight is 278 g/mol. The molecule has 4 heteroatoms. The minimum Gasteiger partial charge on any atom is -0.256 e. The van der Waals surface area contributed by atoms with Crippen LogP contribution in [0.4, 0.5) is 0 Å². The fourth-order valence-corrected chi connectivity index (χ4v) is 1.88. The second kappa shape index (κ2) is 3.93. The molecule has 1 aromatic rings. The Morgan fingerprint density at radius 1 is 1.64 bits per heavy atom. The predicted molar refractivity (Wildman–Crippen MR) is 51.1 cm³/mol. The first-order valence-corrected chi connectivity index (χ1v) is 4.65. The number of rotatable bonds is 2. The highest BCUT2D eigenvalue weighted by Crippen LogP contribution is 2.16. The Morgan fingerprint density at radius 2 is 2.36 bits per heavy atom. The summed E-state index contributed by atoms with van der Waals surface area (Å²) < 4.78 is 3.57. The highest BCUT2D eigenvalue weighted by Gasteiger charge is 2.00. The lowest BCUT2D eigenvalue weighted by Gasteiger charge is -1.97. The molecule has 11 heavy (non-hydrogen) atoms. The van der Waals surface area contributed by atoms with Crippen LogP contribution in [-0.2, 0) is 6.54 Å². The molecule has 0 N–H and O–H groups in total. The lowest BCUT2D eigenvalue weighted by atomic mass is 10.4. The van der Waals surface area contributed by atoms with Gasteiger partial charge >= 0.3 is 0 Å². The lowest BCUT2D eigenvalue weighted by Crippen LogP contribution is -1.98. The van der Waals surface area contributed by atoms with Crippen molar-refractivity contribution >= 4 is 31.9 Å². The molecule has 0 atom stereocenters. The Morgan fingerprint density at radius 3 is 2.82 bits per heavy atom. The molecule has 0 saturated carbocycles. The maximum atomic E-state index is 5.12. The van der Waals surface area contributed by atoms with Crippen LogP contribution in [-0.4, -0.2) is 9.78 Å². The summed E-state index contributed by atoms with van der Waals surface area (Å²) in [6, 6.07) is 1.89. The van der Waals surface area contributed by atoms with Gasteiger partial charge in [0.2, 0.25) is 0 Å². The number of aryl methyl sites for hydroxylation is 1. The fraction of sp³-hybridized carbons (Fsp3) is 0.286. The van der Waals surface area contributed by atoms with Crippen LogP contribution < -0.4 is 0 Å². The summed E-state index contributed by atoms with van der Waals surface area (Å²) in [5.41, 5.74) is 0. The first-order valence-electron chi connectivity index (χ1n) is 3.06. The molecular formula is C7H6Br2N2. The topological polar surface area (TPSA) is 17.8 Å². The summed E-state index contributed by atoms with van der Waals surface area (Å²) >= 11 is 6.61. The van der Waals surface area contributed by atoms with Crippen molar-refractivity contribution in [3.8, 4) is 12.3 Å². The highest BCUT2D eigenvalue weighted by molar-refractivity contribution is 9.11. The van der Waals surface area contributed by atoms with Crippen LogP contribution in [0.3, 0.4) is 0 Å². The molecular weight excluding hydrogens is 272 g/mol. The zero-order valence-corrected chi connectivity index (χ0v) is 8.89. The van der Waals surface area contributed by atoms with Gasteiger partial charge in [-0.3, -0.25) is 4.68 Å². The SMILES string of the molecule is C#CCCn1nc(Br)cc1Br. The summed E-state index contributed by atoms with van der Waals surface area (Å²) in [6.45, 7) is 0.753. The molecule has 0 radical (unpaired) electrons. The van der Waals surface area contributed by atoms with Crippen molar-refractivity contribution in [3.63, 3.8) is 0 Å². The molecule has 1 heterocycles. The zero-order chi connectivity index (χ0) is 8.27. The molecule has 2 nitrogen and oxygen atoms in total. The molecule has 1 rings (SSSR count). The van der Waals surface area contributed by atoms with Crippen molar-refractivity contribution < 1.29 is 0 Å². The van der Waals surface area contributed by atoms with E-state index in [0.717, 1.165) is 15.8 Å². The van der Waals surface area contributed by atoms with Gasteiger partial charge in [-0.1, -0.05) is 0 Å². The molecule has 0 saturated heterocycles. The lowest BCUT2D eigenvalue weighted by molar-refractivity contribution is 0.613. The standard InChI is InChI=1S/C7H6Br2N2/c1-2-3-4-11-7(9)5-6(8)10-11/h1,5H,3-4H2. The maximum absolute atomic E-state index is 5.12. The number of terminal acetylenes is 1. The molecule has 1 aromatic heterocycles. The van der Waals surface area contributed by atoms with Gasteiger partial charge in [-0.2, -0.15) is 5.10 Å². The van der Waals surface area contributed by atoms with Crippen LogP contribution in [0.5, 0.6) is 0 Å². The van der Waals surface area contributed by atoms with Crippen molar-refractivity contribution in [2.45, 2.75) is 13.0 Å². The predicted octanol–water partition coefficient (Wildman–Crippen LogP) is 2.43. The normalized spacial score (nSPS) is 9.55. The van der Waals surface area contributed by atoms with Crippen molar-refractivity contribution in [3.05, 3.63) is 15.3 Å². The van der Waals surface area contributed by atoms with E-state index in [1.165, 1.54) is 0 Å². The van der Waals surface area contributed by atoms with E-state index in [-0.39, 0.29) is 0 Å². The van der Waals surface area contributed by atoms with E-state index in [9.17, 15) is 0 Å². The molecule has 0 fully saturated rings. The summed E-state index contributed by atoms with van der Waals surface area (Å²) in [5.74, 6) is 2.56. The Labute approximate surface area is 82.2 Å². The van der Waals surface area contributed by atoms with E-state index in [0.29, 0.717) is 6.42 Å². The molecule has 0 bridgehead atoms. The Hall–Kier alpha value is -0.270. The van der Waals surface area contributed by atoms with Gasteiger partial charge in [-0.05, 0) is 31.9 Å². The fourth-order valence-electron chi connectivity index (χ4n) is 0.692. The van der Waals surface area contributed by atoms with E-state index in [1.807, 2.05) is 10.7 Å². The van der Waals surface area contributed by atoms with Crippen LogP contribution in [0.25, 0.3) is 0 Å². The van der Waals surface area contributed by atoms with Crippen LogP contribution in [0.1, 0.15) is 6.42 Å². The van der Waals surface area contributed by atoms with Gasteiger partial charge in [-0.25, -0.2) is 0 Å². The second-order valence-corrected chi connectivity index (χ2v) is 3.59. The van der Waals surface area contributed by atoms with Crippen molar-refractivity contribution in [2.24, 2.45) is 0 Å². The van der Waals surface area contributed by atoms with Crippen LogP contribution in [0.2, 0.25) is 0 Å². The van der Waals surface area contributed by atoms with E-state index < -0.39 is 0 Å². The summed E-state index contributed by atoms with van der Waals surface area (Å²) in [7, 11) is 0. The van der Waals surface area contributed by atoms with E-state index in [1.54, 1.807) is 0 Å². The van der Waals surface area contributed by atoms with Gasteiger partial charge in [0.05, 0.1) is 6.54 Å². The highest BCUT2D eigenvalue weighted by atomic mass is 79.9. The van der Waals surface area contributed by atoms with E-state index in [4.69, 9.17) is 6.42 Å². The first kappa shape index (κ1) is 8.82. The van der Waals surface area contributed by atoms with Crippen LogP contribution in [0, 0.1) is 12.3 Å². The Balaban J connectivity index is 2.71. The van der Waals surface area contributed by atoms with Crippen molar-refractivity contribution in [2.75, 3.05) is 0 Å². The first-order chi connectivity index (χ1) is 5.24. The molecule has 0 aliphatic carbocycles. The summed E-state index contributed by atoms with van der Waals surface area (Å²) in [5, 5.41) is 4.14. The molecule has 0 aliphatic heterocycles. The Kier molecular flexibility index (Phi) is 3.16. The quantitative estimate of drug-likeness (QED) is 0.760. The van der Waals surface area contributed by atoms with Crippen LogP contribution in [0.15, 0.2) is 15.3 Å². The van der Waals surface area contributed by atoms with Gasteiger partial charge in [0.15, 0.2) is 0 Å². The van der Waals surface area contributed by atoms with Gasteiger partial charge in [-0.15, -0.1) is 12.3 Å². The van der Waals surface area contributed by atoms with Gasteiger partial charge in [0.25, 0.3) is 0 Å². The molecule has 0 aliphatic rings. The maximum Gasteiger partial charge on any atom is 0.129 e. The molecule has 0 amide bonds. The smallest absolute Gasteiger partial charge is 0.129 e. The monoisotopic (exact) mass is 276 g/mol. The number of hydrogen-bond donors (Lipinski definition) is 0. The van der Waals surface area contributed by atoms with Crippen molar-refractivity contribution in [1.29, 1.82) is 0 Å². The van der Waals surface area contributed by atoms with Crippen molar-refractivity contribution in [1.82, 2.24) is 9.78 Å². The molecule has 0 aromatic carbocycles. The average Bonchev–Trinajstić information content (AvgIpc) is 2.26. The second-order valence-electron chi connectivity index (χ2n) is 1.97. The summed E-state index contributed by atoms with van der Waals surface area (Å²) in [4.78, 5) is 0. The van der Waals surface area contributed by atoms with Gasteiger partial charge < -0.3 is 0 Å².